The van der Waals surface area contributed by atoms with Crippen LogP contribution in [0.4, 0.5) is 0 Å². The largest absolute Gasteiger partial charge is 0.353 e. The first-order valence-electron chi connectivity index (χ1n) is 8.56. The van der Waals surface area contributed by atoms with Gasteiger partial charge < -0.3 is 10.2 Å². The molecule has 23 heavy (non-hydrogen) atoms. The molecule has 1 saturated heterocycles. The quantitative estimate of drug-likeness (QED) is 0.927. The van der Waals surface area contributed by atoms with E-state index in [0.29, 0.717) is 6.54 Å². The molecule has 0 spiro atoms. The number of benzene rings is 1. The van der Waals surface area contributed by atoms with Gasteiger partial charge in [-0.25, -0.2) is 0 Å². The number of nitrogens with zero attached hydrogens (tertiary/aromatic N) is 1. The molecular formula is C19H28N2O2. The second-order valence-corrected chi connectivity index (χ2v) is 6.69. The summed E-state index contributed by atoms with van der Waals surface area (Å²) in [5.41, 5.74) is 2.36. The van der Waals surface area contributed by atoms with Gasteiger partial charge in [0.1, 0.15) is 0 Å². The molecule has 4 nitrogen and oxygen atoms in total. The van der Waals surface area contributed by atoms with E-state index in [-0.39, 0.29) is 29.8 Å². The summed E-state index contributed by atoms with van der Waals surface area (Å²) in [6.07, 6.45) is 2.58. The van der Waals surface area contributed by atoms with Gasteiger partial charge in [-0.15, -0.1) is 0 Å². The zero-order chi connectivity index (χ0) is 17.0. The Bertz CT molecular complexity index is 570. The van der Waals surface area contributed by atoms with Gasteiger partial charge in [-0.3, -0.25) is 9.59 Å². The molecule has 1 fully saturated rings. The lowest BCUT2D eigenvalue weighted by Gasteiger charge is -2.39. The van der Waals surface area contributed by atoms with Crippen molar-refractivity contribution in [2.24, 2.45) is 5.92 Å². The molecule has 0 saturated carbocycles. The Morgan fingerprint density at radius 3 is 2.70 bits per heavy atom. The second-order valence-electron chi connectivity index (χ2n) is 6.69. The third kappa shape index (κ3) is 4.34. The summed E-state index contributed by atoms with van der Waals surface area (Å²) >= 11 is 0. The van der Waals surface area contributed by atoms with Gasteiger partial charge >= 0.3 is 0 Å². The molecule has 0 radical (unpaired) electrons. The predicted octanol–water partition coefficient (Wildman–Crippen LogP) is 3.21. The van der Waals surface area contributed by atoms with Gasteiger partial charge in [-0.05, 0) is 38.7 Å². The summed E-state index contributed by atoms with van der Waals surface area (Å²) in [6.45, 7) is 8.24. The molecule has 0 aliphatic carbocycles. The van der Waals surface area contributed by atoms with Crippen LogP contribution in [0.15, 0.2) is 24.3 Å². The lowest BCUT2D eigenvalue weighted by Crippen LogP contribution is -2.47. The molecule has 3 unspecified atom stereocenters. The maximum Gasteiger partial charge on any atom is 0.225 e. The number of likely N-dealkylation sites (tertiary alicyclic amines) is 1. The van der Waals surface area contributed by atoms with Crippen LogP contribution in [0.25, 0.3) is 0 Å². The van der Waals surface area contributed by atoms with Crippen molar-refractivity contribution in [2.75, 3.05) is 6.54 Å². The number of piperidine rings is 1. The molecular weight excluding hydrogens is 288 g/mol. The van der Waals surface area contributed by atoms with Crippen LogP contribution in [0.3, 0.4) is 0 Å². The normalized spacial score (nSPS) is 22.5. The monoisotopic (exact) mass is 316 g/mol. The van der Waals surface area contributed by atoms with Crippen LogP contribution in [0, 0.1) is 12.8 Å². The van der Waals surface area contributed by atoms with E-state index in [0.717, 1.165) is 19.3 Å². The third-order valence-corrected chi connectivity index (χ3v) is 4.79. The van der Waals surface area contributed by atoms with Crippen molar-refractivity contribution in [3.63, 3.8) is 0 Å². The molecule has 2 amide bonds. The fourth-order valence-electron chi connectivity index (χ4n) is 3.22. The Morgan fingerprint density at radius 1 is 1.35 bits per heavy atom. The van der Waals surface area contributed by atoms with Gasteiger partial charge in [-0.2, -0.15) is 0 Å². The fraction of sp³-hybridized carbons (Fsp3) is 0.579. The number of nitrogens with one attached hydrogen (secondary N) is 1. The van der Waals surface area contributed by atoms with Crippen LogP contribution in [-0.4, -0.2) is 29.3 Å². The smallest absolute Gasteiger partial charge is 0.225 e. The first-order valence-corrected chi connectivity index (χ1v) is 8.56. The highest BCUT2D eigenvalue weighted by Gasteiger charge is 2.34. The zero-order valence-corrected chi connectivity index (χ0v) is 14.6. The molecule has 3 atom stereocenters. The van der Waals surface area contributed by atoms with Crippen LogP contribution in [0.2, 0.25) is 0 Å². The zero-order valence-electron chi connectivity index (χ0n) is 14.6. The lowest BCUT2D eigenvalue weighted by atomic mass is 9.87. The standard InChI is InChI=1S/C19H28N2O2/c1-5-14(3)20-19(23)17-9-10-18(21(12-17)15(4)22)16-8-6-7-13(2)11-16/h6-8,11,14,17-18H,5,9-10,12H2,1-4H3,(H,20,23). The summed E-state index contributed by atoms with van der Waals surface area (Å²) in [4.78, 5) is 26.4. The highest BCUT2D eigenvalue weighted by atomic mass is 16.2. The predicted molar refractivity (Wildman–Crippen MR) is 91.9 cm³/mol. The number of carbonyl (C=O) groups excluding carboxylic acids is 2. The number of rotatable bonds is 4. The van der Waals surface area contributed by atoms with Crippen molar-refractivity contribution in [2.45, 2.75) is 59.0 Å². The Labute approximate surface area is 139 Å². The minimum absolute atomic E-state index is 0.0394. The van der Waals surface area contributed by atoms with Crippen LogP contribution >= 0.6 is 0 Å². The highest BCUT2D eigenvalue weighted by molar-refractivity contribution is 5.81. The molecule has 1 aromatic rings. The van der Waals surface area contributed by atoms with Gasteiger partial charge in [0.2, 0.25) is 11.8 Å². The van der Waals surface area contributed by atoms with E-state index in [2.05, 4.69) is 37.4 Å². The number of carbonyl (C=O) groups is 2. The van der Waals surface area contributed by atoms with Gasteiger partial charge in [0.15, 0.2) is 0 Å². The number of aryl methyl sites for hydroxylation is 1. The lowest BCUT2D eigenvalue weighted by molar-refractivity contribution is -0.137. The number of hydrogen-bond acceptors (Lipinski definition) is 2. The average Bonchev–Trinajstić information content (AvgIpc) is 2.54. The van der Waals surface area contributed by atoms with E-state index in [1.54, 1.807) is 6.92 Å². The molecule has 4 heteroatoms. The Morgan fingerprint density at radius 2 is 2.09 bits per heavy atom. The molecule has 1 aromatic carbocycles. The summed E-state index contributed by atoms with van der Waals surface area (Å²) in [5, 5.41) is 3.05. The minimum atomic E-state index is -0.103. The average molecular weight is 316 g/mol. The second kappa shape index (κ2) is 7.62. The maximum absolute atomic E-state index is 12.4. The van der Waals surface area contributed by atoms with E-state index in [4.69, 9.17) is 0 Å². The van der Waals surface area contributed by atoms with Crippen LogP contribution in [0.5, 0.6) is 0 Å². The Balaban J connectivity index is 2.12. The van der Waals surface area contributed by atoms with Crippen molar-refractivity contribution < 1.29 is 9.59 Å². The van der Waals surface area contributed by atoms with Crippen LogP contribution in [-0.2, 0) is 9.59 Å². The van der Waals surface area contributed by atoms with Crippen molar-refractivity contribution in [1.82, 2.24) is 10.2 Å². The topological polar surface area (TPSA) is 49.4 Å². The fourth-order valence-corrected chi connectivity index (χ4v) is 3.22. The van der Waals surface area contributed by atoms with Crippen LogP contribution in [0.1, 0.15) is 57.2 Å². The number of hydrogen-bond donors (Lipinski definition) is 1. The number of amides is 2. The first-order chi connectivity index (χ1) is 10.9. The summed E-state index contributed by atoms with van der Waals surface area (Å²) in [7, 11) is 0. The molecule has 1 aliphatic rings. The molecule has 0 aromatic heterocycles. The Kier molecular flexibility index (Phi) is 5.80. The molecule has 1 N–H and O–H groups in total. The van der Waals surface area contributed by atoms with Crippen molar-refractivity contribution in [3.8, 4) is 0 Å². The van der Waals surface area contributed by atoms with E-state index in [1.165, 1.54) is 11.1 Å². The van der Waals surface area contributed by atoms with E-state index >= 15 is 0 Å². The van der Waals surface area contributed by atoms with Gasteiger partial charge in [-0.1, -0.05) is 36.8 Å². The van der Waals surface area contributed by atoms with Crippen molar-refractivity contribution in [3.05, 3.63) is 35.4 Å². The van der Waals surface area contributed by atoms with Crippen molar-refractivity contribution in [1.29, 1.82) is 0 Å². The van der Waals surface area contributed by atoms with E-state index < -0.39 is 0 Å². The van der Waals surface area contributed by atoms with Gasteiger partial charge in [0.05, 0.1) is 12.0 Å². The van der Waals surface area contributed by atoms with E-state index in [9.17, 15) is 9.59 Å². The van der Waals surface area contributed by atoms with Crippen molar-refractivity contribution >= 4 is 11.8 Å². The summed E-state index contributed by atoms with van der Waals surface area (Å²) in [6, 6.07) is 8.58. The molecule has 1 heterocycles. The molecule has 126 valence electrons. The Hall–Kier alpha value is -1.84. The van der Waals surface area contributed by atoms with Gasteiger partial charge in [0.25, 0.3) is 0 Å². The molecule has 1 aliphatic heterocycles. The van der Waals surface area contributed by atoms with Crippen LogP contribution < -0.4 is 5.32 Å². The summed E-state index contributed by atoms with van der Waals surface area (Å²) < 4.78 is 0. The minimum Gasteiger partial charge on any atom is -0.353 e. The highest BCUT2D eigenvalue weighted by Crippen LogP contribution is 2.34. The SMILES string of the molecule is CCC(C)NC(=O)C1CCC(c2cccc(C)c2)N(C(C)=O)C1. The molecule has 0 bridgehead atoms. The summed E-state index contributed by atoms with van der Waals surface area (Å²) in [5.74, 6) is 0.0137. The maximum atomic E-state index is 12.4. The van der Waals surface area contributed by atoms with E-state index in [1.807, 2.05) is 17.9 Å². The third-order valence-electron chi connectivity index (χ3n) is 4.79. The first kappa shape index (κ1) is 17.5. The molecule has 2 rings (SSSR count). The van der Waals surface area contributed by atoms with Gasteiger partial charge in [0, 0.05) is 19.5 Å².